The fourth-order valence-corrected chi connectivity index (χ4v) is 0.988. The normalized spacial score (nSPS) is 15.3. The van der Waals surface area contributed by atoms with Crippen LogP contribution in [0.4, 0.5) is 0 Å². The van der Waals surface area contributed by atoms with Crippen LogP contribution in [-0.4, -0.2) is 21.7 Å². The summed E-state index contributed by atoms with van der Waals surface area (Å²) in [6.45, 7) is 5.01. The van der Waals surface area contributed by atoms with Crippen LogP contribution in [0.3, 0.4) is 0 Å². The number of hydrogen-bond donors (Lipinski definition) is 2. The van der Waals surface area contributed by atoms with Gasteiger partial charge in [-0.25, -0.2) is 4.99 Å². The van der Waals surface area contributed by atoms with Crippen LogP contribution in [0.2, 0.25) is 0 Å². The summed E-state index contributed by atoms with van der Waals surface area (Å²) in [5.41, 5.74) is 5.61. The van der Waals surface area contributed by atoms with E-state index in [4.69, 9.17) is 40.5 Å². The lowest BCUT2D eigenvalue weighted by Crippen LogP contribution is -2.43. The first kappa shape index (κ1) is 14.8. The molecule has 0 saturated heterocycles. The molecule has 3 N–H and O–H groups in total. The molecule has 0 aromatic carbocycles. The summed E-state index contributed by atoms with van der Waals surface area (Å²) in [7, 11) is 0. The predicted molar refractivity (Wildman–Crippen MR) is 64.4 cm³/mol. The third-order valence-corrected chi connectivity index (χ3v) is 2.14. The highest BCUT2D eigenvalue weighted by Crippen LogP contribution is 2.31. The molecule has 0 fully saturated rings. The van der Waals surface area contributed by atoms with Gasteiger partial charge < -0.3 is 11.1 Å². The summed E-state index contributed by atoms with van der Waals surface area (Å²) in [4.78, 5) is 14.8. The smallest absolute Gasteiger partial charge is 0.230 e. The standard InChI is InChI=1S/C8H14Cl3N3O/c1-4(2)6(12)14-7(8(9,10)11)13-5(3)15/h4,7H,1-3H3,(H2,12,14)(H,13,15). The van der Waals surface area contributed by atoms with E-state index in [0.717, 1.165) is 0 Å². The molecule has 0 aromatic heterocycles. The molecular formula is C8H14Cl3N3O. The Morgan fingerprint density at radius 3 is 2.13 bits per heavy atom. The summed E-state index contributed by atoms with van der Waals surface area (Å²) >= 11 is 16.9. The SMILES string of the molecule is CC(=O)NC(N=C(N)C(C)C)C(Cl)(Cl)Cl. The second-order valence-corrected chi connectivity index (χ2v) is 5.72. The van der Waals surface area contributed by atoms with E-state index in [1.54, 1.807) is 0 Å². The largest absolute Gasteiger partial charge is 0.387 e. The minimum Gasteiger partial charge on any atom is -0.387 e. The first-order valence-corrected chi connectivity index (χ1v) is 5.45. The van der Waals surface area contributed by atoms with Crippen molar-refractivity contribution in [3.8, 4) is 0 Å². The van der Waals surface area contributed by atoms with Crippen LogP contribution in [0.5, 0.6) is 0 Å². The zero-order valence-electron chi connectivity index (χ0n) is 8.72. The van der Waals surface area contributed by atoms with Gasteiger partial charge >= 0.3 is 0 Å². The molecule has 4 nitrogen and oxygen atoms in total. The first-order chi connectivity index (χ1) is 6.64. The Balaban J connectivity index is 4.81. The molecule has 0 radical (unpaired) electrons. The van der Waals surface area contributed by atoms with Gasteiger partial charge in [0.25, 0.3) is 0 Å². The number of rotatable bonds is 3. The highest BCUT2D eigenvalue weighted by Gasteiger charge is 2.33. The average Bonchev–Trinajstić information content (AvgIpc) is 2.00. The molecule has 0 aliphatic rings. The molecule has 1 atom stereocenters. The van der Waals surface area contributed by atoms with Crippen molar-refractivity contribution < 1.29 is 4.79 Å². The summed E-state index contributed by atoms with van der Waals surface area (Å²) in [6.07, 6.45) is -0.970. The average molecular weight is 275 g/mol. The van der Waals surface area contributed by atoms with Gasteiger partial charge in [0, 0.05) is 12.8 Å². The van der Waals surface area contributed by atoms with Crippen LogP contribution in [0.25, 0.3) is 0 Å². The third-order valence-electron chi connectivity index (χ3n) is 1.52. The maximum absolute atomic E-state index is 10.9. The lowest BCUT2D eigenvalue weighted by molar-refractivity contribution is -0.119. The molecule has 0 heterocycles. The molecule has 0 aromatic rings. The number of alkyl halides is 3. The van der Waals surface area contributed by atoms with Crippen LogP contribution >= 0.6 is 34.8 Å². The Kier molecular flexibility index (Phi) is 5.70. The van der Waals surface area contributed by atoms with Gasteiger partial charge in [-0.05, 0) is 0 Å². The van der Waals surface area contributed by atoms with Crippen LogP contribution in [0, 0.1) is 5.92 Å². The molecular weight excluding hydrogens is 260 g/mol. The minimum absolute atomic E-state index is 0.0219. The number of halogens is 3. The van der Waals surface area contributed by atoms with Crippen molar-refractivity contribution in [1.82, 2.24) is 5.32 Å². The van der Waals surface area contributed by atoms with Crippen LogP contribution in [0.1, 0.15) is 20.8 Å². The second kappa shape index (κ2) is 5.77. The molecule has 15 heavy (non-hydrogen) atoms. The lowest BCUT2D eigenvalue weighted by atomic mass is 10.2. The number of aliphatic imine (C=N–C) groups is 1. The van der Waals surface area contributed by atoms with Gasteiger partial charge in [-0.15, -0.1) is 0 Å². The molecule has 0 aliphatic carbocycles. The van der Waals surface area contributed by atoms with Crippen LogP contribution in [-0.2, 0) is 4.79 Å². The molecule has 88 valence electrons. The van der Waals surface area contributed by atoms with E-state index in [2.05, 4.69) is 10.3 Å². The van der Waals surface area contributed by atoms with Crippen molar-refractivity contribution in [3.63, 3.8) is 0 Å². The molecule has 0 saturated carbocycles. The number of amides is 1. The van der Waals surface area contributed by atoms with Crippen LogP contribution < -0.4 is 11.1 Å². The summed E-state index contributed by atoms with van der Waals surface area (Å²) < 4.78 is -1.72. The van der Waals surface area contributed by atoms with Gasteiger partial charge in [0.1, 0.15) is 0 Å². The predicted octanol–water partition coefficient (Wildman–Crippen LogP) is 1.83. The van der Waals surface area contributed by atoms with E-state index in [0.29, 0.717) is 5.84 Å². The maximum Gasteiger partial charge on any atom is 0.230 e. The van der Waals surface area contributed by atoms with E-state index in [1.807, 2.05) is 13.8 Å². The minimum atomic E-state index is -1.72. The topological polar surface area (TPSA) is 67.5 Å². The fourth-order valence-electron chi connectivity index (χ4n) is 0.678. The summed E-state index contributed by atoms with van der Waals surface area (Å²) in [5.74, 6) is 0.000291. The van der Waals surface area contributed by atoms with Crippen molar-refractivity contribution >= 4 is 46.5 Å². The number of nitrogens with two attached hydrogens (primary N) is 1. The Morgan fingerprint density at radius 1 is 1.40 bits per heavy atom. The third kappa shape index (κ3) is 6.07. The Hall–Kier alpha value is -0.190. The number of nitrogens with one attached hydrogen (secondary N) is 1. The highest BCUT2D eigenvalue weighted by molar-refractivity contribution is 6.68. The zero-order valence-corrected chi connectivity index (χ0v) is 11.0. The number of carbonyl (C=O) groups excluding carboxylic acids is 1. The highest BCUT2D eigenvalue weighted by atomic mass is 35.6. The van der Waals surface area contributed by atoms with E-state index in [9.17, 15) is 4.79 Å². The number of nitrogens with zero attached hydrogens (tertiary/aromatic N) is 1. The van der Waals surface area contributed by atoms with Gasteiger partial charge in [-0.3, -0.25) is 4.79 Å². The molecule has 1 unspecified atom stereocenters. The van der Waals surface area contributed by atoms with E-state index in [-0.39, 0.29) is 11.8 Å². The molecule has 0 spiro atoms. The number of carbonyl (C=O) groups is 1. The fraction of sp³-hybridized carbons (Fsp3) is 0.750. The van der Waals surface area contributed by atoms with Crippen molar-refractivity contribution in [2.24, 2.45) is 16.6 Å². The Bertz CT molecular complexity index is 260. The van der Waals surface area contributed by atoms with Gasteiger partial charge in [-0.2, -0.15) is 0 Å². The van der Waals surface area contributed by atoms with Crippen LogP contribution in [0.15, 0.2) is 4.99 Å². The monoisotopic (exact) mass is 273 g/mol. The second-order valence-electron chi connectivity index (χ2n) is 3.35. The van der Waals surface area contributed by atoms with E-state index in [1.165, 1.54) is 6.92 Å². The van der Waals surface area contributed by atoms with Crippen molar-refractivity contribution in [2.75, 3.05) is 0 Å². The molecule has 0 rings (SSSR count). The van der Waals surface area contributed by atoms with Gasteiger partial charge in [0.2, 0.25) is 9.70 Å². The van der Waals surface area contributed by atoms with Gasteiger partial charge in [0.15, 0.2) is 6.17 Å². The Labute approximate surface area is 104 Å². The molecule has 0 aliphatic heterocycles. The summed E-state index contributed by atoms with van der Waals surface area (Å²) in [5, 5.41) is 2.40. The molecule has 7 heteroatoms. The van der Waals surface area contributed by atoms with Crippen molar-refractivity contribution in [2.45, 2.75) is 30.7 Å². The zero-order chi connectivity index (χ0) is 12.2. The van der Waals surface area contributed by atoms with E-state index < -0.39 is 9.96 Å². The quantitative estimate of drug-likeness (QED) is 0.468. The van der Waals surface area contributed by atoms with Gasteiger partial charge in [0.05, 0.1) is 5.84 Å². The molecule has 0 bridgehead atoms. The lowest BCUT2D eigenvalue weighted by Gasteiger charge is -2.22. The summed E-state index contributed by atoms with van der Waals surface area (Å²) in [6, 6.07) is 0. The maximum atomic E-state index is 10.9. The first-order valence-electron chi connectivity index (χ1n) is 4.31. The van der Waals surface area contributed by atoms with Gasteiger partial charge in [-0.1, -0.05) is 48.7 Å². The molecule has 1 amide bonds. The number of amidine groups is 1. The van der Waals surface area contributed by atoms with E-state index >= 15 is 0 Å². The number of hydrogen-bond acceptors (Lipinski definition) is 2. The Morgan fingerprint density at radius 2 is 1.87 bits per heavy atom. The van der Waals surface area contributed by atoms with Crippen molar-refractivity contribution in [3.05, 3.63) is 0 Å². The van der Waals surface area contributed by atoms with Crippen molar-refractivity contribution in [1.29, 1.82) is 0 Å².